The third-order valence-electron chi connectivity index (χ3n) is 4.64. The first kappa shape index (κ1) is 14.5. The maximum atomic E-state index is 13.7. The van der Waals surface area contributed by atoms with E-state index < -0.39 is 17.5 Å². The smallest absolute Gasteiger partial charge is 0.170 e. The van der Waals surface area contributed by atoms with Gasteiger partial charge in [0.1, 0.15) is 17.5 Å². The molecule has 0 amide bonds. The summed E-state index contributed by atoms with van der Waals surface area (Å²) in [6.07, 6.45) is 5.10. The highest BCUT2D eigenvalue weighted by atomic mass is 19.1. The van der Waals surface area contributed by atoms with Gasteiger partial charge in [-0.25, -0.2) is 4.39 Å². The molecule has 1 aliphatic rings. The molecule has 0 saturated heterocycles. The minimum atomic E-state index is -0.868. The van der Waals surface area contributed by atoms with Crippen LogP contribution in [0, 0.1) is 5.82 Å². The Hall–Kier alpha value is -1.39. The molecule has 4 heteroatoms. The van der Waals surface area contributed by atoms with E-state index in [4.69, 9.17) is 9.15 Å². The van der Waals surface area contributed by atoms with Crippen LogP contribution in [0.4, 0.5) is 4.39 Å². The normalized spacial score (nSPS) is 20.3. The van der Waals surface area contributed by atoms with Crippen molar-refractivity contribution in [3.8, 4) is 0 Å². The quantitative estimate of drug-likeness (QED) is 0.855. The van der Waals surface area contributed by atoms with E-state index in [1.54, 1.807) is 25.3 Å². The van der Waals surface area contributed by atoms with Crippen LogP contribution in [0.2, 0.25) is 0 Å². The molecule has 1 aliphatic carbocycles. The van der Waals surface area contributed by atoms with Gasteiger partial charge in [0.05, 0.1) is 0 Å². The van der Waals surface area contributed by atoms with Gasteiger partial charge in [0.15, 0.2) is 11.4 Å². The van der Waals surface area contributed by atoms with Crippen molar-refractivity contribution >= 4 is 11.0 Å². The average Bonchev–Trinajstić information content (AvgIpc) is 2.79. The van der Waals surface area contributed by atoms with Crippen LogP contribution in [0.5, 0.6) is 0 Å². The minimum Gasteiger partial charge on any atom is -0.455 e. The van der Waals surface area contributed by atoms with E-state index in [1.165, 1.54) is 6.07 Å². The van der Waals surface area contributed by atoms with Crippen molar-refractivity contribution in [3.63, 3.8) is 0 Å². The number of aliphatic hydroxyl groups excluding tert-OH is 1. The van der Waals surface area contributed by atoms with Gasteiger partial charge in [-0.05, 0) is 25.0 Å². The summed E-state index contributed by atoms with van der Waals surface area (Å²) in [6, 6.07) is 6.50. The predicted molar refractivity (Wildman–Crippen MR) is 78.6 cm³/mol. The molecule has 1 saturated carbocycles. The fourth-order valence-electron chi connectivity index (χ4n) is 3.36. The highest BCUT2D eigenvalue weighted by molar-refractivity contribution is 5.78. The molecular weight excluding hydrogens is 271 g/mol. The molecule has 1 atom stereocenters. The second-order valence-electron chi connectivity index (χ2n) is 5.89. The summed E-state index contributed by atoms with van der Waals surface area (Å²) in [6.45, 7) is 0. The molecule has 2 aromatic rings. The Kier molecular flexibility index (Phi) is 4.00. The molecule has 1 heterocycles. The van der Waals surface area contributed by atoms with Gasteiger partial charge >= 0.3 is 0 Å². The largest absolute Gasteiger partial charge is 0.455 e. The van der Waals surface area contributed by atoms with Crippen molar-refractivity contribution in [3.05, 3.63) is 35.8 Å². The molecule has 1 aromatic carbocycles. The number of rotatable bonds is 3. The minimum absolute atomic E-state index is 0.200. The average molecular weight is 292 g/mol. The van der Waals surface area contributed by atoms with E-state index in [2.05, 4.69) is 0 Å². The zero-order valence-corrected chi connectivity index (χ0v) is 12.3. The van der Waals surface area contributed by atoms with Crippen molar-refractivity contribution in [1.82, 2.24) is 0 Å². The molecule has 1 N–H and O–H groups in total. The van der Waals surface area contributed by atoms with Crippen LogP contribution in [0.25, 0.3) is 11.0 Å². The van der Waals surface area contributed by atoms with Crippen LogP contribution >= 0.6 is 0 Å². The molecule has 0 bridgehead atoms. The van der Waals surface area contributed by atoms with Crippen molar-refractivity contribution in [2.75, 3.05) is 7.11 Å². The fraction of sp³-hybridized carbons (Fsp3) is 0.529. The van der Waals surface area contributed by atoms with Crippen molar-refractivity contribution in [2.45, 2.75) is 50.2 Å². The molecule has 3 rings (SSSR count). The Balaban J connectivity index is 1.97. The second-order valence-corrected chi connectivity index (χ2v) is 5.89. The summed E-state index contributed by atoms with van der Waals surface area (Å²) in [7, 11) is 1.64. The highest BCUT2D eigenvalue weighted by Gasteiger charge is 2.41. The number of ether oxygens (including phenoxy) is 1. The Morgan fingerprint density at radius 3 is 2.57 bits per heavy atom. The van der Waals surface area contributed by atoms with E-state index in [0.29, 0.717) is 11.1 Å². The van der Waals surface area contributed by atoms with Gasteiger partial charge in [0, 0.05) is 12.5 Å². The third kappa shape index (κ3) is 2.58. The van der Waals surface area contributed by atoms with E-state index in [-0.39, 0.29) is 5.58 Å². The topological polar surface area (TPSA) is 42.6 Å². The lowest BCUT2D eigenvalue weighted by Crippen LogP contribution is -2.38. The zero-order chi connectivity index (χ0) is 14.9. The number of hydrogen-bond donors (Lipinski definition) is 1. The third-order valence-corrected chi connectivity index (χ3v) is 4.64. The Morgan fingerprint density at radius 2 is 1.95 bits per heavy atom. The molecule has 1 aromatic heterocycles. The van der Waals surface area contributed by atoms with Gasteiger partial charge < -0.3 is 14.3 Å². The molecule has 114 valence electrons. The number of furan rings is 1. The second kappa shape index (κ2) is 5.78. The lowest BCUT2D eigenvalue weighted by Gasteiger charge is -2.35. The van der Waals surface area contributed by atoms with Gasteiger partial charge in [-0.2, -0.15) is 0 Å². The first-order valence-corrected chi connectivity index (χ1v) is 7.57. The zero-order valence-electron chi connectivity index (χ0n) is 12.3. The SMILES string of the molecule is COC1(C(O)c2cc3cccc(F)c3o2)CCCCCC1. The number of benzene rings is 1. The Bertz CT molecular complexity index is 612. The van der Waals surface area contributed by atoms with Crippen LogP contribution in [0.3, 0.4) is 0 Å². The van der Waals surface area contributed by atoms with E-state index >= 15 is 0 Å². The van der Waals surface area contributed by atoms with Gasteiger partial charge in [-0.3, -0.25) is 0 Å². The molecular formula is C17H21FO3. The monoisotopic (exact) mass is 292 g/mol. The van der Waals surface area contributed by atoms with Crippen LogP contribution < -0.4 is 0 Å². The van der Waals surface area contributed by atoms with E-state index in [9.17, 15) is 9.50 Å². The number of fused-ring (bicyclic) bond motifs is 1. The first-order chi connectivity index (χ1) is 10.2. The number of hydrogen-bond acceptors (Lipinski definition) is 3. The molecule has 1 fully saturated rings. The lowest BCUT2D eigenvalue weighted by molar-refractivity contribution is -0.120. The first-order valence-electron chi connectivity index (χ1n) is 7.57. The van der Waals surface area contributed by atoms with Crippen molar-refractivity contribution in [2.24, 2.45) is 0 Å². The molecule has 1 unspecified atom stereocenters. The van der Waals surface area contributed by atoms with Crippen LogP contribution in [0.1, 0.15) is 50.4 Å². The Morgan fingerprint density at radius 1 is 1.24 bits per heavy atom. The van der Waals surface area contributed by atoms with Crippen molar-refractivity contribution < 1.29 is 18.7 Å². The maximum absolute atomic E-state index is 13.7. The molecule has 21 heavy (non-hydrogen) atoms. The maximum Gasteiger partial charge on any atom is 0.170 e. The van der Waals surface area contributed by atoms with Gasteiger partial charge in [0.2, 0.25) is 0 Å². The molecule has 0 aliphatic heterocycles. The molecule has 3 nitrogen and oxygen atoms in total. The molecule has 0 spiro atoms. The van der Waals surface area contributed by atoms with Gasteiger partial charge in [0.25, 0.3) is 0 Å². The summed E-state index contributed by atoms with van der Waals surface area (Å²) in [4.78, 5) is 0. The fourth-order valence-corrected chi connectivity index (χ4v) is 3.36. The predicted octanol–water partition coefficient (Wildman–Crippen LogP) is 4.34. The summed E-state index contributed by atoms with van der Waals surface area (Å²) in [5, 5.41) is 11.4. The summed E-state index contributed by atoms with van der Waals surface area (Å²) < 4.78 is 25.0. The van der Waals surface area contributed by atoms with E-state index in [1.807, 2.05) is 0 Å². The summed E-state index contributed by atoms with van der Waals surface area (Å²) in [5.41, 5.74) is -0.424. The number of para-hydroxylation sites is 1. The number of halogens is 1. The highest BCUT2D eigenvalue weighted by Crippen LogP contribution is 2.41. The lowest BCUT2D eigenvalue weighted by atomic mass is 9.86. The van der Waals surface area contributed by atoms with Crippen LogP contribution in [-0.4, -0.2) is 17.8 Å². The number of aliphatic hydroxyl groups is 1. The Labute approximate surface area is 123 Å². The number of methoxy groups -OCH3 is 1. The van der Waals surface area contributed by atoms with Crippen molar-refractivity contribution in [1.29, 1.82) is 0 Å². The standard InChI is InChI=1S/C17H21FO3/c1-20-17(9-4-2-3-5-10-17)16(19)14-11-12-7-6-8-13(18)15(12)21-14/h6-8,11,16,19H,2-5,9-10H2,1H3. The summed E-state index contributed by atoms with van der Waals surface area (Å²) in [5.74, 6) is -0.0165. The van der Waals surface area contributed by atoms with Crippen LogP contribution in [-0.2, 0) is 4.74 Å². The van der Waals surface area contributed by atoms with Gasteiger partial charge in [-0.15, -0.1) is 0 Å². The molecule has 0 radical (unpaired) electrons. The van der Waals surface area contributed by atoms with E-state index in [0.717, 1.165) is 38.5 Å². The van der Waals surface area contributed by atoms with Crippen LogP contribution in [0.15, 0.2) is 28.7 Å². The summed E-state index contributed by atoms with van der Waals surface area (Å²) >= 11 is 0. The van der Waals surface area contributed by atoms with Gasteiger partial charge in [-0.1, -0.05) is 37.8 Å².